The number of halogens is 2. The summed E-state index contributed by atoms with van der Waals surface area (Å²) in [6, 6.07) is 14.9. The van der Waals surface area contributed by atoms with E-state index in [2.05, 4.69) is 27.6 Å². The molecule has 0 saturated carbocycles. The van der Waals surface area contributed by atoms with Crippen molar-refractivity contribution in [1.82, 2.24) is 0 Å². The summed E-state index contributed by atoms with van der Waals surface area (Å²) < 4.78 is 6.27. The SMILES string of the molecule is O=C1OC(c2cccc(I)c2)=N/C1=C\c1ccccc1Cl. The number of ether oxygens (including phenoxy) is 1. The molecule has 1 aliphatic heterocycles. The molecule has 0 N–H and O–H groups in total. The second-order valence-electron chi connectivity index (χ2n) is 4.37. The van der Waals surface area contributed by atoms with E-state index in [1.54, 1.807) is 12.1 Å². The first-order valence-corrected chi connectivity index (χ1v) is 7.62. The highest BCUT2D eigenvalue weighted by Gasteiger charge is 2.24. The van der Waals surface area contributed by atoms with Crippen LogP contribution in [0.3, 0.4) is 0 Å². The monoisotopic (exact) mass is 409 g/mol. The summed E-state index contributed by atoms with van der Waals surface area (Å²) in [5.41, 5.74) is 1.76. The van der Waals surface area contributed by atoms with Crippen LogP contribution in [0.15, 0.2) is 59.2 Å². The van der Waals surface area contributed by atoms with Gasteiger partial charge in [-0.25, -0.2) is 9.79 Å². The van der Waals surface area contributed by atoms with Gasteiger partial charge in [-0.2, -0.15) is 0 Å². The lowest BCUT2D eigenvalue weighted by atomic mass is 10.2. The van der Waals surface area contributed by atoms with Crippen molar-refractivity contribution in [2.45, 2.75) is 0 Å². The summed E-state index contributed by atoms with van der Waals surface area (Å²) in [5.74, 6) is -0.152. The van der Waals surface area contributed by atoms with Crippen molar-refractivity contribution in [2.24, 2.45) is 4.99 Å². The lowest BCUT2D eigenvalue weighted by Gasteiger charge is -1.99. The molecule has 0 atom stereocenters. The third-order valence-electron chi connectivity index (χ3n) is 2.89. The largest absolute Gasteiger partial charge is 0.402 e. The number of benzene rings is 2. The fourth-order valence-electron chi connectivity index (χ4n) is 1.89. The Morgan fingerprint density at radius 1 is 1.14 bits per heavy atom. The van der Waals surface area contributed by atoms with Gasteiger partial charge in [0, 0.05) is 14.2 Å². The van der Waals surface area contributed by atoms with Crippen LogP contribution in [0.2, 0.25) is 5.02 Å². The maximum Gasteiger partial charge on any atom is 0.363 e. The van der Waals surface area contributed by atoms with Crippen molar-refractivity contribution in [1.29, 1.82) is 0 Å². The van der Waals surface area contributed by atoms with Crippen molar-refractivity contribution >= 4 is 52.1 Å². The number of rotatable bonds is 2. The predicted molar refractivity (Wildman–Crippen MR) is 91.2 cm³/mol. The molecule has 5 heteroatoms. The quantitative estimate of drug-likeness (QED) is 0.422. The molecule has 0 radical (unpaired) electrons. The van der Waals surface area contributed by atoms with Gasteiger partial charge in [0.05, 0.1) is 0 Å². The van der Waals surface area contributed by atoms with E-state index in [0.717, 1.165) is 14.7 Å². The summed E-state index contributed by atoms with van der Waals surface area (Å²) in [7, 11) is 0. The average molecular weight is 410 g/mol. The topological polar surface area (TPSA) is 38.7 Å². The van der Waals surface area contributed by atoms with Gasteiger partial charge in [-0.3, -0.25) is 0 Å². The van der Waals surface area contributed by atoms with Gasteiger partial charge in [0.1, 0.15) is 0 Å². The number of carbonyl (C=O) groups excluding carboxylic acids is 1. The molecule has 1 heterocycles. The number of nitrogens with zero attached hydrogens (tertiary/aromatic N) is 1. The zero-order valence-corrected chi connectivity index (χ0v) is 13.6. The maximum atomic E-state index is 11.9. The van der Waals surface area contributed by atoms with Crippen LogP contribution in [0.25, 0.3) is 6.08 Å². The Labute approximate surface area is 140 Å². The van der Waals surface area contributed by atoms with Crippen LogP contribution in [-0.2, 0) is 9.53 Å². The number of cyclic esters (lactones) is 1. The second-order valence-corrected chi connectivity index (χ2v) is 6.02. The molecule has 2 aromatic rings. The maximum absolute atomic E-state index is 11.9. The molecule has 1 aliphatic rings. The normalized spacial score (nSPS) is 16.0. The number of hydrogen-bond acceptors (Lipinski definition) is 3. The summed E-state index contributed by atoms with van der Waals surface area (Å²) in [6.07, 6.45) is 1.63. The van der Waals surface area contributed by atoms with E-state index in [-0.39, 0.29) is 5.70 Å². The van der Waals surface area contributed by atoms with E-state index in [9.17, 15) is 4.79 Å². The molecular formula is C16H9ClINO2. The lowest BCUT2D eigenvalue weighted by Crippen LogP contribution is -2.05. The predicted octanol–water partition coefficient (Wildman–Crippen LogP) is 4.29. The first-order chi connectivity index (χ1) is 10.1. The molecule has 3 nitrogen and oxygen atoms in total. The van der Waals surface area contributed by atoms with Gasteiger partial charge >= 0.3 is 5.97 Å². The Morgan fingerprint density at radius 3 is 2.71 bits per heavy atom. The molecule has 0 aromatic heterocycles. The molecule has 0 aliphatic carbocycles. The highest BCUT2D eigenvalue weighted by atomic mass is 127. The van der Waals surface area contributed by atoms with Gasteiger partial charge in [-0.05, 0) is 58.5 Å². The minimum Gasteiger partial charge on any atom is -0.402 e. The smallest absolute Gasteiger partial charge is 0.363 e. The van der Waals surface area contributed by atoms with Crippen molar-refractivity contribution in [2.75, 3.05) is 0 Å². The summed E-state index contributed by atoms with van der Waals surface area (Å²) in [4.78, 5) is 16.2. The van der Waals surface area contributed by atoms with E-state index < -0.39 is 5.97 Å². The molecule has 104 valence electrons. The minimum atomic E-state index is -0.469. The Morgan fingerprint density at radius 2 is 1.95 bits per heavy atom. The van der Waals surface area contributed by atoms with Crippen LogP contribution in [0.1, 0.15) is 11.1 Å². The van der Waals surface area contributed by atoms with E-state index in [4.69, 9.17) is 16.3 Å². The third-order valence-corrected chi connectivity index (χ3v) is 3.90. The number of aliphatic imine (C=N–C) groups is 1. The van der Waals surface area contributed by atoms with Crippen molar-refractivity contribution < 1.29 is 9.53 Å². The van der Waals surface area contributed by atoms with Crippen LogP contribution in [0.4, 0.5) is 0 Å². The molecule has 21 heavy (non-hydrogen) atoms. The average Bonchev–Trinajstić information content (AvgIpc) is 2.83. The van der Waals surface area contributed by atoms with Gasteiger partial charge in [-0.15, -0.1) is 0 Å². The highest BCUT2D eigenvalue weighted by Crippen LogP contribution is 2.23. The van der Waals surface area contributed by atoms with Crippen LogP contribution < -0.4 is 0 Å². The van der Waals surface area contributed by atoms with Gasteiger partial charge in [0.15, 0.2) is 5.70 Å². The molecule has 0 saturated heterocycles. The van der Waals surface area contributed by atoms with Crippen molar-refractivity contribution in [3.05, 3.63) is 73.9 Å². The molecule has 0 fully saturated rings. The minimum absolute atomic E-state index is 0.247. The number of carbonyl (C=O) groups is 1. The molecule has 0 bridgehead atoms. The van der Waals surface area contributed by atoms with E-state index in [1.165, 1.54) is 0 Å². The van der Waals surface area contributed by atoms with Gasteiger partial charge in [0.25, 0.3) is 0 Å². The van der Waals surface area contributed by atoms with Crippen LogP contribution in [-0.4, -0.2) is 11.9 Å². The molecule has 0 amide bonds. The first kappa shape index (κ1) is 14.3. The fourth-order valence-corrected chi connectivity index (χ4v) is 2.63. The van der Waals surface area contributed by atoms with Crippen molar-refractivity contribution in [3.63, 3.8) is 0 Å². The van der Waals surface area contributed by atoms with Crippen LogP contribution in [0.5, 0.6) is 0 Å². The Kier molecular flexibility index (Phi) is 4.07. The zero-order valence-electron chi connectivity index (χ0n) is 10.7. The van der Waals surface area contributed by atoms with E-state index in [0.29, 0.717) is 10.9 Å². The number of hydrogen-bond donors (Lipinski definition) is 0. The molecule has 2 aromatic carbocycles. The lowest BCUT2D eigenvalue weighted by molar-refractivity contribution is -0.129. The second kappa shape index (κ2) is 5.99. The standard InChI is InChI=1S/C16H9ClINO2/c17-13-7-2-1-4-10(13)9-14-16(20)21-15(19-14)11-5-3-6-12(18)8-11/h1-9H/b14-9-. The molecule has 3 rings (SSSR count). The van der Waals surface area contributed by atoms with Crippen LogP contribution in [0, 0.1) is 3.57 Å². The van der Waals surface area contributed by atoms with Crippen LogP contribution >= 0.6 is 34.2 Å². The fraction of sp³-hybridized carbons (Fsp3) is 0. The Hall–Kier alpha value is -1.66. The van der Waals surface area contributed by atoms with Gasteiger partial charge in [0.2, 0.25) is 5.90 Å². The highest BCUT2D eigenvalue weighted by molar-refractivity contribution is 14.1. The van der Waals surface area contributed by atoms with Gasteiger partial charge < -0.3 is 4.74 Å². The Bertz CT molecular complexity index is 783. The van der Waals surface area contributed by atoms with Gasteiger partial charge in [-0.1, -0.05) is 35.9 Å². The zero-order chi connectivity index (χ0) is 14.8. The summed E-state index contributed by atoms with van der Waals surface area (Å²) >= 11 is 8.28. The molecular weight excluding hydrogens is 401 g/mol. The number of esters is 1. The third kappa shape index (κ3) is 3.16. The Balaban J connectivity index is 1.98. The van der Waals surface area contributed by atoms with Crippen molar-refractivity contribution in [3.8, 4) is 0 Å². The van der Waals surface area contributed by atoms with E-state index in [1.807, 2.05) is 42.5 Å². The summed E-state index contributed by atoms with van der Waals surface area (Å²) in [6.45, 7) is 0. The summed E-state index contributed by atoms with van der Waals surface area (Å²) in [5, 5.41) is 0.565. The first-order valence-electron chi connectivity index (χ1n) is 6.16. The molecule has 0 spiro atoms. The van der Waals surface area contributed by atoms with E-state index >= 15 is 0 Å². The molecule has 0 unspecified atom stereocenters.